The average Bonchev–Trinajstić information content (AvgIpc) is 1.94. The molecule has 1 aromatic rings. The van der Waals surface area contributed by atoms with E-state index in [4.69, 9.17) is 5.73 Å². The van der Waals surface area contributed by atoms with Gasteiger partial charge in [-0.2, -0.15) is 8.42 Å². The van der Waals surface area contributed by atoms with Crippen molar-refractivity contribution in [1.82, 2.24) is 0 Å². The molecule has 0 aliphatic carbocycles. The first kappa shape index (κ1) is 10.9. The molecule has 1 rings (SSSR count). The van der Waals surface area contributed by atoms with Gasteiger partial charge in [0.1, 0.15) is 4.90 Å². The fourth-order valence-electron chi connectivity index (χ4n) is 0.763. The smallest absolute Gasteiger partial charge is 0.334 e. The van der Waals surface area contributed by atoms with Crippen LogP contribution >= 0.6 is 31.9 Å². The van der Waals surface area contributed by atoms with Crippen LogP contribution in [0.5, 0.6) is 0 Å². The number of nitrogen functional groups attached to an aromatic ring is 1. The first-order valence-electron chi connectivity index (χ1n) is 3.01. The van der Waals surface area contributed by atoms with Gasteiger partial charge in [-0.05, 0) is 28.1 Å². The highest BCUT2D eigenvalue weighted by Gasteiger charge is 2.18. The molecule has 0 saturated carbocycles. The summed E-state index contributed by atoms with van der Waals surface area (Å²) in [6.07, 6.45) is 0. The van der Waals surface area contributed by atoms with E-state index in [1.165, 1.54) is 6.07 Å². The molecule has 0 fully saturated rings. The van der Waals surface area contributed by atoms with Crippen molar-refractivity contribution in [2.45, 2.75) is 4.90 Å². The van der Waals surface area contributed by atoms with E-state index in [9.17, 15) is 12.3 Å². The topological polar surface area (TPSA) is 60.2 Å². The fourth-order valence-corrected chi connectivity index (χ4v) is 2.91. The van der Waals surface area contributed by atoms with Gasteiger partial charge < -0.3 is 5.73 Å². The van der Waals surface area contributed by atoms with Gasteiger partial charge in [-0.25, -0.2) is 0 Å². The van der Waals surface area contributed by atoms with Gasteiger partial charge >= 0.3 is 10.2 Å². The van der Waals surface area contributed by atoms with Crippen LogP contribution in [0.15, 0.2) is 26.0 Å². The van der Waals surface area contributed by atoms with Gasteiger partial charge in [0.25, 0.3) is 0 Å². The van der Waals surface area contributed by atoms with Crippen LogP contribution in [0.4, 0.5) is 9.57 Å². The molecule has 0 aromatic heterocycles. The van der Waals surface area contributed by atoms with Crippen LogP contribution in [-0.2, 0) is 10.2 Å². The van der Waals surface area contributed by atoms with Gasteiger partial charge in [-0.3, -0.25) is 0 Å². The maximum absolute atomic E-state index is 12.6. The predicted molar refractivity (Wildman–Crippen MR) is 54.5 cm³/mol. The van der Waals surface area contributed by atoms with Crippen molar-refractivity contribution < 1.29 is 12.3 Å². The van der Waals surface area contributed by atoms with E-state index in [0.717, 1.165) is 6.07 Å². The van der Waals surface area contributed by atoms with E-state index in [2.05, 4.69) is 31.9 Å². The van der Waals surface area contributed by atoms with Crippen molar-refractivity contribution in [2.75, 3.05) is 5.73 Å². The lowest BCUT2D eigenvalue weighted by Crippen LogP contribution is -1.99. The minimum absolute atomic E-state index is 0.134. The number of anilines is 1. The lowest BCUT2D eigenvalue weighted by atomic mass is 10.3. The summed E-state index contributed by atoms with van der Waals surface area (Å²) in [5.74, 6) is 0. The summed E-state index contributed by atoms with van der Waals surface area (Å²) >= 11 is 6.03. The molecule has 0 amide bonds. The molecule has 0 unspecified atom stereocenters. The van der Waals surface area contributed by atoms with E-state index in [0.29, 0.717) is 8.95 Å². The number of hydrogen-bond donors (Lipinski definition) is 1. The number of hydrogen-bond acceptors (Lipinski definition) is 3. The molecule has 0 spiro atoms. The van der Waals surface area contributed by atoms with Crippen molar-refractivity contribution in [3.8, 4) is 0 Å². The highest BCUT2D eigenvalue weighted by atomic mass is 79.9. The Bertz CT molecular complexity index is 446. The SMILES string of the molecule is Nc1c(Br)cc(Br)cc1S(=O)(=O)F. The molecule has 72 valence electrons. The minimum atomic E-state index is -4.76. The third kappa shape index (κ3) is 2.41. The Labute approximate surface area is 91.6 Å². The summed E-state index contributed by atoms with van der Waals surface area (Å²) in [5.41, 5.74) is 5.22. The van der Waals surface area contributed by atoms with Crippen LogP contribution in [0, 0.1) is 0 Å². The van der Waals surface area contributed by atoms with E-state index in [1.54, 1.807) is 0 Å². The standard InChI is InChI=1S/C6H4Br2FNO2S/c7-3-1-4(8)6(10)5(2-3)13(9,11)12/h1-2H,10H2. The highest BCUT2D eigenvalue weighted by Crippen LogP contribution is 2.31. The van der Waals surface area contributed by atoms with Crippen LogP contribution in [0.3, 0.4) is 0 Å². The lowest BCUT2D eigenvalue weighted by Gasteiger charge is -2.03. The quantitative estimate of drug-likeness (QED) is 0.634. The molecule has 0 radical (unpaired) electrons. The fraction of sp³-hybridized carbons (Fsp3) is 0. The molecule has 0 heterocycles. The Morgan fingerprint density at radius 1 is 1.31 bits per heavy atom. The molecular weight excluding hydrogens is 329 g/mol. The van der Waals surface area contributed by atoms with Crippen molar-refractivity contribution in [3.63, 3.8) is 0 Å². The first-order valence-corrected chi connectivity index (χ1v) is 5.98. The first-order chi connectivity index (χ1) is 5.82. The highest BCUT2D eigenvalue weighted by molar-refractivity contribution is 9.11. The largest absolute Gasteiger partial charge is 0.397 e. The molecule has 0 bridgehead atoms. The molecule has 3 nitrogen and oxygen atoms in total. The van der Waals surface area contributed by atoms with Gasteiger partial charge in [0, 0.05) is 8.95 Å². The minimum Gasteiger partial charge on any atom is -0.397 e. The third-order valence-electron chi connectivity index (χ3n) is 1.32. The van der Waals surface area contributed by atoms with Crippen LogP contribution in [0.1, 0.15) is 0 Å². The van der Waals surface area contributed by atoms with Gasteiger partial charge in [0.2, 0.25) is 0 Å². The Morgan fingerprint density at radius 2 is 1.85 bits per heavy atom. The zero-order chi connectivity index (χ0) is 10.2. The molecule has 0 saturated heterocycles. The zero-order valence-electron chi connectivity index (χ0n) is 6.09. The normalized spacial score (nSPS) is 11.6. The van der Waals surface area contributed by atoms with Crippen LogP contribution in [0.2, 0.25) is 0 Å². The maximum Gasteiger partial charge on any atom is 0.334 e. The van der Waals surface area contributed by atoms with Gasteiger partial charge in [0.15, 0.2) is 0 Å². The lowest BCUT2D eigenvalue weighted by molar-refractivity contribution is 0.552. The Balaban J connectivity index is 3.56. The zero-order valence-corrected chi connectivity index (χ0v) is 10.1. The number of halogens is 3. The number of nitrogens with two attached hydrogens (primary N) is 1. The average molecular weight is 333 g/mol. The Kier molecular flexibility index (Phi) is 2.98. The van der Waals surface area contributed by atoms with Crippen LogP contribution < -0.4 is 5.73 Å². The summed E-state index contributed by atoms with van der Waals surface area (Å²) in [6, 6.07) is 2.64. The second kappa shape index (κ2) is 3.55. The predicted octanol–water partition coefficient (Wildman–Crippen LogP) is 2.45. The van der Waals surface area contributed by atoms with Crippen molar-refractivity contribution in [1.29, 1.82) is 0 Å². The van der Waals surface area contributed by atoms with Crippen LogP contribution in [0.25, 0.3) is 0 Å². The Hall–Kier alpha value is -0.140. The van der Waals surface area contributed by atoms with Gasteiger partial charge in [-0.1, -0.05) is 15.9 Å². The molecule has 7 heteroatoms. The van der Waals surface area contributed by atoms with E-state index < -0.39 is 15.1 Å². The van der Waals surface area contributed by atoms with Gasteiger partial charge in [-0.15, -0.1) is 3.89 Å². The van der Waals surface area contributed by atoms with E-state index in [1.807, 2.05) is 0 Å². The molecule has 0 aliphatic rings. The monoisotopic (exact) mass is 331 g/mol. The maximum atomic E-state index is 12.6. The number of rotatable bonds is 1. The molecule has 0 atom stereocenters. The second-order valence-corrected chi connectivity index (χ2v) is 5.32. The molecule has 2 N–H and O–H groups in total. The van der Waals surface area contributed by atoms with Crippen molar-refractivity contribution >= 4 is 47.8 Å². The molecular formula is C6H4Br2FNO2S. The summed E-state index contributed by atoms with van der Waals surface area (Å²) < 4.78 is 34.5. The van der Waals surface area contributed by atoms with E-state index >= 15 is 0 Å². The van der Waals surface area contributed by atoms with Crippen molar-refractivity contribution in [3.05, 3.63) is 21.1 Å². The number of benzene rings is 1. The van der Waals surface area contributed by atoms with Crippen LogP contribution in [-0.4, -0.2) is 8.42 Å². The Morgan fingerprint density at radius 3 is 2.31 bits per heavy atom. The summed E-state index contributed by atoms with van der Waals surface area (Å²) in [4.78, 5) is -0.534. The molecule has 1 aromatic carbocycles. The second-order valence-electron chi connectivity index (χ2n) is 2.24. The third-order valence-corrected chi connectivity index (χ3v) is 3.30. The molecule has 0 aliphatic heterocycles. The van der Waals surface area contributed by atoms with Gasteiger partial charge in [0.05, 0.1) is 5.69 Å². The summed E-state index contributed by atoms with van der Waals surface area (Å²) in [7, 11) is -4.76. The summed E-state index contributed by atoms with van der Waals surface area (Å²) in [5, 5.41) is 0. The van der Waals surface area contributed by atoms with Crippen molar-refractivity contribution in [2.24, 2.45) is 0 Å². The molecule has 13 heavy (non-hydrogen) atoms. The summed E-state index contributed by atoms with van der Waals surface area (Å²) in [6.45, 7) is 0. The van der Waals surface area contributed by atoms with E-state index in [-0.39, 0.29) is 5.69 Å².